The molecule has 44 heavy (non-hydrogen) atoms. The molecular weight excluding hydrogens is 572 g/mol. The van der Waals surface area contributed by atoms with Crippen LogP contribution in [0, 0.1) is 0 Å². The average molecular weight is 625 g/mol. The number of unbranched alkanes of at least 4 members (excludes halogenated alkanes) is 15. The fraction of sp³-hybridized carbons (Fsp3) is 0.528. The molecule has 3 N–H and O–H groups in total. The Morgan fingerprint density at radius 2 is 1.30 bits per heavy atom. The predicted octanol–water partition coefficient (Wildman–Crippen LogP) is 9.74. The van der Waals surface area contributed by atoms with Crippen LogP contribution in [0.2, 0.25) is 0 Å². The second-order valence-electron chi connectivity index (χ2n) is 12.0. The monoisotopic (exact) mass is 624 g/mol. The van der Waals surface area contributed by atoms with Gasteiger partial charge in [0.2, 0.25) is 0 Å². The van der Waals surface area contributed by atoms with E-state index in [1.54, 1.807) is 18.2 Å². The third-order valence-electron chi connectivity index (χ3n) is 8.37. The molecule has 0 radical (unpaired) electrons. The van der Waals surface area contributed by atoms with Crippen LogP contribution in [-0.4, -0.2) is 37.6 Å². The SMILES string of the molecule is CCCCCCCCCCCCCCCCCCN(C)c1ccc(S(=O)(=O)O)cc1NC(=O)c1cc(O)c2ccccc2c1. The van der Waals surface area contributed by atoms with Crippen LogP contribution in [0.4, 0.5) is 11.4 Å². The number of benzene rings is 3. The average Bonchev–Trinajstić information content (AvgIpc) is 3.00. The normalized spacial score (nSPS) is 11.6. The first-order chi connectivity index (χ1) is 21.2. The van der Waals surface area contributed by atoms with E-state index in [1.807, 2.05) is 30.1 Å². The molecule has 3 rings (SSSR count). The van der Waals surface area contributed by atoms with E-state index in [1.165, 1.54) is 108 Å². The molecule has 7 nitrogen and oxygen atoms in total. The summed E-state index contributed by atoms with van der Waals surface area (Å²) in [5, 5.41) is 14.6. The Kier molecular flexibility index (Phi) is 15.0. The summed E-state index contributed by atoms with van der Waals surface area (Å²) in [5.41, 5.74) is 1.17. The molecule has 0 saturated heterocycles. The van der Waals surface area contributed by atoms with Gasteiger partial charge in [-0.1, -0.05) is 128 Å². The van der Waals surface area contributed by atoms with Crippen molar-refractivity contribution >= 4 is 38.2 Å². The maximum Gasteiger partial charge on any atom is 0.294 e. The van der Waals surface area contributed by atoms with Crippen molar-refractivity contribution in [2.75, 3.05) is 23.8 Å². The third kappa shape index (κ3) is 11.8. The molecule has 0 unspecified atom stereocenters. The van der Waals surface area contributed by atoms with E-state index in [-0.39, 0.29) is 21.9 Å². The van der Waals surface area contributed by atoms with Crippen molar-refractivity contribution in [1.82, 2.24) is 0 Å². The molecule has 0 fully saturated rings. The summed E-state index contributed by atoms with van der Waals surface area (Å²) in [5.74, 6) is -0.503. The van der Waals surface area contributed by atoms with Gasteiger partial charge >= 0.3 is 0 Å². The maximum absolute atomic E-state index is 13.2. The zero-order chi connectivity index (χ0) is 31.8. The number of carbonyl (C=O) groups excluding carboxylic acids is 1. The van der Waals surface area contributed by atoms with Crippen LogP contribution in [-0.2, 0) is 10.1 Å². The van der Waals surface area contributed by atoms with Gasteiger partial charge in [0.25, 0.3) is 16.0 Å². The Bertz CT molecular complexity index is 1420. The molecule has 3 aromatic carbocycles. The lowest BCUT2D eigenvalue weighted by molar-refractivity contribution is 0.102. The van der Waals surface area contributed by atoms with E-state index in [0.29, 0.717) is 16.5 Å². The predicted molar refractivity (Wildman–Crippen MR) is 183 cm³/mol. The highest BCUT2D eigenvalue weighted by Crippen LogP contribution is 2.31. The van der Waals surface area contributed by atoms with Gasteiger partial charge in [-0.15, -0.1) is 0 Å². The fourth-order valence-corrected chi connectivity index (χ4v) is 6.25. The first-order valence-electron chi connectivity index (χ1n) is 16.6. The summed E-state index contributed by atoms with van der Waals surface area (Å²) in [6.07, 6.45) is 20.8. The Balaban J connectivity index is 1.44. The number of nitrogens with one attached hydrogen (secondary N) is 1. The highest BCUT2D eigenvalue weighted by atomic mass is 32.2. The number of phenolic OH excluding ortho intramolecular Hbond substituents is 1. The summed E-state index contributed by atoms with van der Waals surface area (Å²) >= 11 is 0. The van der Waals surface area contributed by atoms with E-state index >= 15 is 0 Å². The zero-order valence-electron chi connectivity index (χ0n) is 26.7. The maximum atomic E-state index is 13.2. The Morgan fingerprint density at radius 3 is 1.86 bits per heavy atom. The summed E-state index contributed by atoms with van der Waals surface area (Å²) in [6, 6.07) is 14.5. The molecule has 1 amide bonds. The molecule has 0 heterocycles. The smallest absolute Gasteiger partial charge is 0.294 e. The summed E-state index contributed by atoms with van der Waals surface area (Å²) in [6.45, 7) is 3.00. The van der Waals surface area contributed by atoms with Gasteiger partial charge in [-0.05, 0) is 42.1 Å². The summed E-state index contributed by atoms with van der Waals surface area (Å²) in [7, 11) is -2.55. The van der Waals surface area contributed by atoms with Gasteiger partial charge in [-0.2, -0.15) is 8.42 Å². The fourth-order valence-electron chi connectivity index (χ4n) is 5.74. The van der Waals surface area contributed by atoms with Gasteiger partial charge in [0, 0.05) is 24.5 Å². The van der Waals surface area contributed by atoms with Crippen molar-refractivity contribution in [3.05, 3.63) is 60.2 Å². The molecule has 0 saturated carbocycles. The molecule has 8 heteroatoms. The lowest BCUT2D eigenvalue weighted by atomic mass is 10.0. The zero-order valence-corrected chi connectivity index (χ0v) is 27.5. The second-order valence-corrected chi connectivity index (χ2v) is 13.5. The van der Waals surface area contributed by atoms with Crippen LogP contribution < -0.4 is 10.2 Å². The van der Waals surface area contributed by atoms with Crippen molar-refractivity contribution in [2.24, 2.45) is 0 Å². The molecule has 0 spiro atoms. The number of phenols is 1. The van der Waals surface area contributed by atoms with Crippen LogP contribution in [0.1, 0.15) is 120 Å². The summed E-state index contributed by atoms with van der Waals surface area (Å²) in [4.78, 5) is 14.9. The number of hydrogen-bond donors (Lipinski definition) is 3. The second kappa shape index (κ2) is 18.6. The van der Waals surface area contributed by atoms with Crippen molar-refractivity contribution < 1.29 is 22.9 Å². The standard InChI is InChI=1S/C36H52N2O5S/c1-3-4-5-6-7-8-9-10-11-12-13-14-15-16-17-20-25-38(2)34-24-23-31(44(41,42)43)28-33(34)37-36(40)30-26-29-21-18-19-22-32(29)35(39)27-30/h18-19,21-24,26-28,39H,3-17,20,25H2,1-2H3,(H,37,40)(H,41,42,43). The van der Waals surface area contributed by atoms with Gasteiger partial charge in [-0.3, -0.25) is 9.35 Å². The first-order valence-corrected chi connectivity index (χ1v) is 18.0. The Labute approximate surface area is 264 Å². The summed E-state index contributed by atoms with van der Waals surface area (Å²) < 4.78 is 33.3. The van der Waals surface area contributed by atoms with Gasteiger partial charge in [0.1, 0.15) is 5.75 Å². The van der Waals surface area contributed by atoms with Gasteiger partial charge in [-0.25, -0.2) is 0 Å². The minimum atomic E-state index is -4.46. The number of nitrogens with zero attached hydrogens (tertiary/aromatic N) is 1. The van der Waals surface area contributed by atoms with E-state index in [0.717, 1.165) is 19.4 Å². The van der Waals surface area contributed by atoms with Crippen molar-refractivity contribution in [2.45, 2.75) is 115 Å². The highest BCUT2D eigenvalue weighted by molar-refractivity contribution is 7.85. The molecular formula is C36H52N2O5S. The number of anilines is 2. The largest absolute Gasteiger partial charge is 0.507 e. The van der Waals surface area contributed by atoms with E-state index < -0.39 is 16.0 Å². The number of carbonyl (C=O) groups is 1. The molecule has 0 bridgehead atoms. The van der Waals surface area contributed by atoms with Crippen LogP contribution >= 0.6 is 0 Å². The minimum absolute atomic E-state index is 0.0132. The minimum Gasteiger partial charge on any atom is -0.507 e. The molecule has 242 valence electrons. The van der Waals surface area contributed by atoms with Gasteiger partial charge in [0.15, 0.2) is 0 Å². The van der Waals surface area contributed by atoms with Crippen LogP contribution in [0.5, 0.6) is 5.75 Å². The quantitative estimate of drug-likeness (QED) is 0.0804. The molecule has 0 aliphatic carbocycles. The van der Waals surface area contributed by atoms with E-state index in [9.17, 15) is 22.9 Å². The number of hydrogen-bond acceptors (Lipinski definition) is 5. The highest BCUT2D eigenvalue weighted by Gasteiger charge is 2.18. The lowest BCUT2D eigenvalue weighted by Crippen LogP contribution is -2.22. The third-order valence-corrected chi connectivity index (χ3v) is 9.22. The number of aromatic hydroxyl groups is 1. The molecule has 3 aromatic rings. The number of amides is 1. The van der Waals surface area contributed by atoms with Crippen molar-refractivity contribution in [1.29, 1.82) is 0 Å². The van der Waals surface area contributed by atoms with Crippen molar-refractivity contribution in [3.63, 3.8) is 0 Å². The number of fused-ring (bicyclic) bond motifs is 1. The van der Waals surface area contributed by atoms with Gasteiger partial charge in [0.05, 0.1) is 16.3 Å². The van der Waals surface area contributed by atoms with Crippen molar-refractivity contribution in [3.8, 4) is 5.75 Å². The topological polar surface area (TPSA) is 107 Å². The van der Waals surface area contributed by atoms with Gasteiger partial charge < -0.3 is 15.3 Å². The van der Waals surface area contributed by atoms with E-state index in [4.69, 9.17) is 0 Å². The Morgan fingerprint density at radius 1 is 0.750 bits per heavy atom. The Hall–Kier alpha value is -3.10. The van der Waals surface area contributed by atoms with Crippen LogP contribution in [0.25, 0.3) is 10.8 Å². The molecule has 0 aromatic heterocycles. The molecule has 0 aliphatic heterocycles. The molecule has 0 aliphatic rings. The number of rotatable bonds is 21. The molecule has 0 atom stereocenters. The van der Waals surface area contributed by atoms with E-state index in [2.05, 4.69) is 12.2 Å². The lowest BCUT2D eigenvalue weighted by Gasteiger charge is -2.23. The first kappa shape index (κ1) is 35.4. The van der Waals surface area contributed by atoms with Crippen LogP contribution in [0.15, 0.2) is 59.5 Å². The van der Waals surface area contributed by atoms with Crippen LogP contribution in [0.3, 0.4) is 0 Å².